The van der Waals surface area contributed by atoms with Crippen molar-refractivity contribution in [3.05, 3.63) is 40.1 Å². The highest BCUT2D eigenvalue weighted by Crippen LogP contribution is 2.30. The number of fused-ring (bicyclic) bond motifs is 1. The quantitative estimate of drug-likeness (QED) is 0.381. The van der Waals surface area contributed by atoms with E-state index in [-0.39, 0.29) is 41.1 Å². The van der Waals surface area contributed by atoms with Crippen LogP contribution in [0.4, 0.5) is 11.5 Å². The third-order valence-corrected chi connectivity index (χ3v) is 5.77. The summed E-state index contributed by atoms with van der Waals surface area (Å²) in [4.78, 5) is 20.9. The molecule has 0 aliphatic heterocycles. The largest absolute Gasteiger partial charge is 0.478 e. The molecule has 0 aliphatic rings. The summed E-state index contributed by atoms with van der Waals surface area (Å²) in [7, 11) is 0. The number of carboxylic acids is 1. The summed E-state index contributed by atoms with van der Waals surface area (Å²) >= 11 is 6.16. The number of carbonyl (C=O) groups is 1. The van der Waals surface area contributed by atoms with E-state index in [4.69, 9.17) is 21.6 Å². The lowest BCUT2D eigenvalue weighted by Gasteiger charge is -2.19. The normalized spacial score (nSPS) is 13.5. The van der Waals surface area contributed by atoms with Crippen molar-refractivity contribution in [2.75, 3.05) is 11.9 Å². The van der Waals surface area contributed by atoms with Crippen molar-refractivity contribution in [1.29, 1.82) is 0 Å². The van der Waals surface area contributed by atoms with Gasteiger partial charge in [0.1, 0.15) is 0 Å². The number of hydrogen-bond donors (Lipinski definition) is 4. The molecule has 9 nitrogen and oxygen atoms in total. The Balaban J connectivity index is 2.29. The molecule has 2 aromatic heterocycles. The van der Waals surface area contributed by atoms with Crippen LogP contribution in [0.5, 0.6) is 0 Å². The Bertz CT molecular complexity index is 1230. The molecule has 2 heterocycles. The van der Waals surface area contributed by atoms with Gasteiger partial charge in [-0.25, -0.2) is 9.79 Å². The van der Waals surface area contributed by atoms with E-state index in [1.165, 1.54) is 6.07 Å². The van der Waals surface area contributed by atoms with Gasteiger partial charge >= 0.3 is 5.97 Å². The third-order valence-electron chi connectivity index (χ3n) is 5.45. The van der Waals surface area contributed by atoms with Gasteiger partial charge in [-0.15, -0.1) is 0 Å². The molecule has 1 aromatic carbocycles. The fourth-order valence-corrected chi connectivity index (χ4v) is 3.85. The first-order valence-corrected chi connectivity index (χ1v) is 11.4. The van der Waals surface area contributed by atoms with Gasteiger partial charge in [0.15, 0.2) is 11.3 Å². The zero-order chi connectivity index (χ0) is 24.4. The summed E-state index contributed by atoms with van der Waals surface area (Å²) in [5, 5.41) is 30.1. The van der Waals surface area contributed by atoms with Crippen molar-refractivity contribution >= 4 is 40.1 Å². The monoisotopic (exact) mass is 474 g/mol. The number of aliphatic hydroxyl groups is 1. The first-order valence-electron chi connectivity index (χ1n) is 11.0. The number of nitrogens with zero attached hydrogens (tertiary/aromatic N) is 4. The van der Waals surface area contributed by atoms with Crippen molar-refractivity contribution in [2.24, 2.45) is 10.9 Å². The Kier molecular flexibility index (Phi) is 7.44. The molecule has 0 saturated carbocycles. The van der Waals surface area contributed by atoms with Gasteiger partial charge in [0, 0.05) is 11.7 Å². The number of benzene rings is 1. The molecule has 0 amide bonds. The Morgan fingerprint density at radius 2 is 1.94 bits per heavy atom. The van der Waals surface area contributed by atoms with Gasteiger partial charge in [0.2, 0.25) is 5.62 Å². The minimum absolute atomic E-state index is 0.0197. The molecule has 0 saturated heterocycles. The second kappa shape index (κ2) is 9.93. The van der Waals surface area contributed by atoms with Crippen LogP contribution in [0.1, 0.15) is 69.6 Å². The van der Waals surface area contributed by atoms with E-state index >= 15 is 0 Å². The van der Waals surface area contributed by atoms with Gasteiger partial charge in [-0.3, -0.25) is 5.10 Å². The first kappa shape index (κ1) is 24.7. The van der Waals surface area contributed by atoms with Crippen molar-refractivity contribution in [1.82, 2.24) is 19.7 Å². The van der Waals surface area contributed by atoms with Gasteiger partial charge < -0.3 is 20.1 Å². The lowest BCUT2D eigenvalue weighted by atomic mass is 10.1. The lowest BCUT2D eigenvalue weighted by Crippen LogP contribution is -2.32. The number of carboxylic acid groups (broad SMARTS) is 1. The maximum absolute atomic E-state index is 11.3. The number of anilines is 2. The van der Waals surface area contributed by atoms with Gasteiger partial charge in [0.25, 0.3) is 0 Å². The van der Waals surface area contributed by atoms with E-state index in [9.17, 15) is 15.0 Å². The average Bonchev–Trinajstić information content (AvgIpc) is 3.16. The second-order valence-electron chi connectivity index (χ2n) is 8.96. The number of nitrogens with one attached hydrogen (secondary N) is 2. The maximum atomic E-state index is 11.3. The first-order chi connectivity index (χ1) is 15.5. The highest BCUT2D eigenvalue weighted by Gasteiger charge is 2.21. The number of aromatic amines is 1. The molecular weight excluding hydrogens is 444 g/mol. The van der Waals surface area contributed by atoms with E-state index < -0.39 is 5.97 Å². The summed E-state index contributed by atoms with van der Waals surface area (Å²) in [5.74, 6) is -0.334. The summed E-state index contributed by atoms with van der Waals surface area (Å²) in [6, 6.07) is 4.34. The number of aromatic carboxylic acids is 1. The van der Waals surface area contributed by atoms with E-state index in [0.29, 0.717) is 22.6 Å². The van der Waals surface area contributed by atoms with Crippen molar-refractivity contribution in [2.45, 2.75) is 59.5 Å². The van der Waals surface area contributed by atoms with Crippen LogP contribution in [0.3, 0.4) is 0 Å². The van der Waals surface area contributed by atoms with E-state index in [1.807, 2.05) is 18.4 Å². The fraction of sp³-hybridized carbons (Fsp3) is 0.478. The van der Waals surface area contributed by atoms with Gasteiger partial charge in [-0.05, 0) is 43.9 Å². The Labute approximate surface area is 197 Å². The van der Waals surface area contributed by atoms with Crippen LogP contribution in [0.25, 0.3) is 11.0 Å². The van der Waals surface area contributed by atoms with Crippen molar-refractivity contribution < 1.29 is 15.0 Å². The predicted molar refractivity (Wildman–Crippen MR) is 129 cm³/mol. The number of rotatable bonds is 8. The zero-order valence-electron chi connectivity index (χ0n) is 19.7. The Hall–Kier alpha value is -2.91. The zero-order valence-corrected chi connectivity index (χ0v) is 20.5. The van der Waals surface area contributed by atoms with Crippen LogP contribution in [0, 0.1) is 5.92 Å². The lowest BCUT2D eigenvalue weighted by molar-refractivity contribution is 0.0697. The topological polar surface area (TPSA) is 128 Å². The Morgan fingerprint density at radius 3 is 2.45 bits per heavy atom. The summed E-state index contributed by atoms with van der Waals surface area (Å²) < 4.78 is 2.03. The summed E-state index contributed by atoms with van der Waals surface area (Å²) in [6.07, 6.45) is 0. The Morgan fingerprint density at radius 1 is 1.24 bits per heavy atom. The molecule has 10 heteroatoms. The number of halogens is 1. The number of aromatic nitrogens is 4. The minimum atomic E-state index is -1.09. The van der Waals surface area contributed by atoms with Crippen LogP contribution in [-0.4, -0.2) is 48.6 Å². The van der Waals surface area contributed by atoms with Crippen molar-refractivity contribution in [3.8, 4) is 0 Å². The molecule has 0 aliphatic carbocycles. The predicted octanol–water partition coefficient (Wildman–Crippen LogP) is 4.48. The van der Waals surface area contributed by atoms with Crippen LogP contribution in [-0.2, 0) is 0 Å². The molecule has 0 bridgehead atoms. The van der Waals surface area contributed by atoms with Crippen LogP contribution in [0.15, 0.2) is 23.2 Å². The van der Waals surface area contributed by atoms with Crippen LogP contribution < -0.4 is 10.9 Å². The molecule has 33 heavy (non-hydrogen) atoms. The molecule has 4 N–H and O–H groups in total. The van der Waals surface area contributed by atoms with E-state index in [0.717, 1.165) is 11.2 Å². The SMILES string of the molecule is CC(C)c1[nH]nc2c(Nc3ccc(C(=O)O)c(Cl)c3)nc(=NC(CO)C(C)C)n(C(C)C)c12. The third kappa shape index (κ3) is 5.04. The summed E-state index contributed by atoms with van der Waals surface area (Å²) in [6.45, 7) is 12.2. The second-order valence-corrected chi connectivity index (χ2v) is 9.37. The molecule has 0 spiro atoms. The van der Waals surface area contributed by atoms with Crippen LogP contribution >= 0.6 is 11.6 Å². The maximum Gasteiger partial charge on any atom is 0.337 e. The van der Waals surface area contributed by atoms with Crippen molar-refractivity contribution in [3.63, 3.8) is 0 Å². The standard InChI is InChI=1S/C23H31ClN6O3/c1-11(2)17(10-31)26-23-27-21(25-14-7-8-15(22(32)33)16(24)9-14)19-20(30(23)13(5)6)18(12(3)4)28-29-19/h7-9,11-13,17,31H,10H2,1-6H3,(H,28,29)(H,32,33)(H,25,26,27). The van der Waals surface area contributed by atoms with Gasteiger partial charge in [0.05, 0.1) is 34.4 Å². The minimum Gasteiger partial charge on any atom is -0.478 e. The highest BCUT2D eigenvalue weighted by atomic mass is 35.5. The number of hydrogen-bond acceptors (Lipinski definition) is 6. The fourth-order valence-electron chi connectivity index (χ4n) is 3.59. The highest BCUT2D eigenvalue weighted by molar-refractivity contribution is 6.33. The molecule has 1 atom stereocenters. The van der Waals surface area contributed by atoms with Gasteiger partial charge in [-0.1, -0.05) is 39.3 Å². The average molecular weight is 475 g/mol. The van der Waals surface area contributed by atoms with Crippen LogP contribution in [0.2, 0.25) is 5.02 Å². The molecule has 3 aromatic rings. The molecule has 3 rings (SSSR count). The number of H-pyrrole nitrogens is 1. The van der Waals surface area contributed by atoms with E-state index in [1.54, 1.807) is 12.1 Å². The molecule has 0 radical (unpaired) electrons. The molecule has 1 unspecified atom stereocenters. The molecular formula is C23H31ClN6O3. The molecule has 0 fully saturated rings. The van der Waals surface area contributed by atoms with Gasteiger partial charge in [-0.2, -0.15) is 10.1 Å². The smallest absolute Gasteiger partial charge is 0.337 e. The van der Waals surface area contributed by atoms with E-state index in [2.05, 4.69) is 43.2 Å². The number of aliphatic hydroxyl groups excluding tert-OH is 1. The summed E-state index contributed by atoms with van der Waals surface area (Å²) in [5.41, 5.74) is 3.53. The molecule has 178 valence electrons.